The average molecular weight is 532 g/mol. The number of rotatable bonds is 6. The van der Waals surface area contributed by atoms with E-state index in [0.717, 1.165) is 0 Å². The molecule has 0 spiro atoms. The molecule has 7 N–H and O–H groups in total. The first-order valence-corrected chi connectivity index (χ1v) is 12.5. The minimum absolute atomic E-state index is 0.0637. The van der Waals surface area contributed by atoms with Gasteiger partial charge in [0.2, 0.25) is 11.7 Å². The Hall–Kier alpha value is -3.64. The number of amides is 1. The van der Waals surface area contributed by atoms with Crippen LogP contribution < -0.4 is 16.0 Å². The summed E-state index contributed by atoms with van der Waals surface area (Å²) >= 11 is 0. The Morgan fingerprint density at radius 3 is 2.50 bits per heavy atom. The molecule has 1 aromatic rings. The number of phenols is 1. The quantitative estimate of drug-likeness (QED) is 0.164. The maximum absolute atomic E-state index is 13.7. The number of primary amides is 1. The number of benzene rings is 1. The fourth-order valence-electron chi connectivity index (χ4n) is 6.04. The molecule has 0 saturated heterocycles. The SMILES string of the molecule is CCOC(=O)C(C)Nc1cc(N(C)C)c2c(c1O)C(O)=C1C(=O)[C@]3(O)C(=O)C(C(N)=O)C(O)C[C@@H]3C[C@@H]1C2. The molecule has 3 aliphatic carbocycles. The molecule has 12 heteroatoms. The Bertz CT molecular complexity index is 1260. The number of phenolic OH excluding ortho intramolecular Hbond substituents is 1. The number of anilines is 2. The molecular weight excluding hydrogens is 498 g/mol. The lowest BCUT2D eigenvalue weighted by molar-refractivity contribution is -0.174. The number of aromatic hydroxyl groups is 1. The Kier molecular flexibility index (Phi) is 6.91. The van der Waals surface area contributed by atoms with Crippen LogP contribution in [0.25, 0.3) is 5.76 Å². The monoisotopic (exact) mass is 531 g/mol. The molecule has 0 heterocycles. The average Bonchev–Trinajstić information content (AvgIpc) is 2.82. The van der Waals surface area contributed by atoms with Crippen molar-refractivity contribution < 1.29 is 44.3 Å². The van der Waals surface area contributed by atoms with E-state index in [2.05, 4.69) is 5.32 Å². The lowest BCUT2D eigenvalue weighted by atomic mass is 9.56. The number of aliphatic hydroxyl groups is 3. The predicted molar refractivity (Wildman–Crippen MR) is 135 cm³/mol. The zero-order chi connectivity index (χ0) is 28.3. The smallest absolute Gasteiger partial charge is 0.328 e. The number of fused-ring (bicyclic) bond motifs is 3. The molecule has 2 fully saturated rings. The third-order valence-corrected chi connectivity index (χ3v) is 7.85. The molecule has 12 nitrogen and oxygen atoms in total. The highest BCUT2D eigenvalue weighted by atomic mass is 16.5. The number of ketones is 2. The van der Waals surface area contributed by atoms with Gasteiger partial charge in [-0.25, -0.2) is 4.79 Å². The molecule has 6 atom stereocenters. The van der Waals surface area contributed by atoms with Crippen molar-refractivity contribution in [2.45, 2.75) is 50.9 Å². The van der Waals surface area contributed by atoms with E-state index in [1.807, 2.05) is 0 Å². The molecule has 1 aromatic carbocycles. The van der Waals surface area contributed by atoms with Crippen LogP contribution in [0.3, 0.4) is 0 Å². The first-order valence-electron chi connectivity index (χ1n) is 12.5. The summed E-state index contributed by atoms with van der Waals surface area (Å²) in [6.45, 7) is 3.37. The molecule has 0 bridgehead atoms. The third kappa shape index (κ3) is 3.99. The van der Waals surface area contributed by atoms with Gasteiger partial charge < -0.3 is 41.1 Å². The van der Waals surface area contributed by atoms with Crippen LogP contribution in [-0.2, 0) is 30.3 Å². The van der Waals surface area contributed by atoms with Crippen molar-refractivity contribution in [2.75, 3.05) is 30.9 Å². The number of hydrogen-bond donors (Lipinski definition) is 6. The summed E-state index contributed by atoms with van der Waals surface area (Å²) in [4.78, 5) is 52.6. The number of carbonyl (C=O) groups excluding carboxylic acids is 4. The minimum Gasteiger partial charge on any atom is -0.507 e. The predicted octanol–water partition coefficient (Wildman–Crippen LogP) is 0.0184. The van der Waals surface area contributed by atoms with Crippen LogP contribution in [0.1, 0.15) is 37.8 Å². The Labute approximate surface area is 219 Å². The fourth-order valence-corrected chi connectivity index (χ4v) is 6.04. The molecule has 4 rings (SSSR count). The van der Waals surface area contributed by atoms with Gasteiger partial charge in [-0.2, -0.15) is 0 Å². The number of aliphatic hydroxyl groups excluding tert-OH is 2. The van der Waals surface area contributed by atoms with E-state index < -0.39 is 70.5 Å². The number of hydrogen-bond acceptors (Lipinski definition) is 11. The van der Waals surface area contributed by atoms with Crippen molar-refractivity contribution in [2.24, 2.45) is 23.5 Å². The molecule has 3 aliphatic rings. The third-order valence-electron chi connectivity index (χ3n) is 7.85. The number of Topliss-reactive ketones (excluding diaryl/α,β-unsaturated/α-hetero) is 2. The maximum Gasteiger partial charge on any atom is 0.328 e. The summed E-state index contributed by atoms with van der Waals surface area (Å²) in [5.41, 5.74) is 3.56. The van der Waals surface area contributed by atoms with Gasteiger partial charge >= 0.3 is 5.97 Å². The minimum atomic E-state index is -2.65. The van der Waals surface area contributed by atoms with Gasteiger partial charge in [0.05, 0.1) is 24.0 Å². The molecule has 3 unspecified atom stereocenters. The van der Waals surface area contributed by atoms with Crippen LogP contribution in [0.2, 0.25) is 0 Å². The number of nitrogens with one attached hydrogen (secondary N) is 1. The molecule has 206 valence electrons. The van der Waals surface area contributed by atoms with Crippen LogP contribution in [0.15, 0.2) is 11.6 Å². The van der Waals surface area contributed by atoms with Crippen molar-refractivity contribution in [3.63, 3.8) is 0 Å². The van der Waals surface area contributed by atoms with E-state index in [0.29, 0.717) is 11.3 Å². The van der Waals surface area contributed by atoms with Crippen molar-refractivity contribution in [3.05, 3.63) is 22.8 Å². The Morgan fingerprint density at radius 1 is 1.26 bits per heavy atom. The van der Waals surface area contributed by atoms with Crippen molar-refractivity contribution in [3.8, 4) is 5.75 Å². The molecule has 1 amide bonds. The Balaban J connectivity index is 1.85. The zero-order valence-electron chi connectivity index (χ0n) is 21.6. The second-order valence-corrected chi connectivity index (χ2v) is 10.4. The zero-order valence-corrected chi connectivity index (χ0v) is 21.6. The fraction of sp³-hybridized carbons (Fsp3) is 0.538. The van der Waals surface area contributed by atoms with E-state index >= 15 is 0 Å². The largest absolute Gasteiger partial charge is 0.507 e. The van der Waals surface area contributed by atoms with Gasteiger partial charge in [-0.05, 0) is 50.7 Å². The van der Waals surface area contributed by atoms with Gasteiger partial charge in [0, 0.05) is 31.3 Å². The molecule has 2 saturated carbocycles. The first-order chi connectivity index (χ1) is 17.7. The maximum atomic E-state index is 13.7. The number of ether oxygens (including phenoxy) is 1. The topological polar surface area (TPSA) is 200 Å². The molecule has 38 heavy (non-hydrogen) atoms. The van der Waals surface area contributed by atoms with E-state index in [9.17, 15) is 39.6 Å². The molecule has 0 aromatic heterocycles. The van der Waals surface area contributed by atoms with Crippen LogP contribution >= 0.6 is 0 Å². The Morgan fingerprint density at radius 2 is 1.92 bits per heavy atom. The highest BCUT2D eigenvalue weighted by molar-refractivity contribution is 6.24. The number of nitrogens with two attached hydrogens (primary N) is 1. The normalized spacial score (nSPS) is 29.1. The molecular formula is C26H33N3O9. The number of esters is 1. The lowest BCUT2D eigenvalue weighted by Crippen LogP contribution is -2.66. The van der Waals surface area contributed by atoms with Crippen molar-refractivity contribution in [1.29, 1.82) is 0 Å². The van der Waals surface area contributed by atoms with E-state index in [-0.39, 0.29) is 42.7 Å². The molecule has 0 aliphatic heterocycles. The second-order valence-electron chi connectivity index (χ2n) is 10.4. The van der Waals surface area contributed by atoms with Gasteiger partial charge in [-0.3, -0.25) is 14.4 Å². The van der Waals surface area contributed by atoms with Gasteiger partial charge in [-0.15, -0.1) is 0 Å². The number of nitrogens with zero attached hydrogens (tertiary/aromatic N) is 1. The van der Waals surface area contributed by atoms with Crippen molar-refractivity contribution in [1.82, 2.24) is 0 Å². The summed E-state index contributed by atoms with van der Waals surface area (Å²) in [6, 6.07) is 0.768. The van der Waals surface area contributed by atoms with Gasteiger partial charge in [0.1, 0.15) is 23.5 Å². The summed E-state index contributed by atoms with van der Waals surface area (Å²) in [5, 5.41) is 47.2. The number of carbonyl (C=O) groups is 4. The van der Waals surface area contributed by atoms with Gasteiger partial charge in [0.15, 0.2) is 11.4 Å². The van der Waals surface area contributed by atoms with Gasteiger partial charge in [-0.1, -0.05) is 0 Å². The highest BCUT2D eigenvalue weighted by Gasteiger charge is 2.64. The van der Waals surface area contributed by atoms with Crippen molar-refractivity contribution >= 4 is 40.6 Å². The lowest BCUT2D eigenvalue weighted by Gasteiger charge is -2.48. The van der Waals surface area contributed by atoms with E-state index in [4.69, 9.17) is 10.5 Å². The summed E-state index contributed by atoms with van der Waals surface area (Å²) in [6.07, 6.45) is -1.38. The summed E-state index contributed by atoms with van der Waals surface area (Å²) in [5.74, 6) is -8.38. The molecule has 0 radical (unpaired) electrons. The van der Waals surface area contributed by atoms with Crippen LogP contribution in [-0.4, -0.2) is 82.3 Å². The summed E-state index contributed by atoms with van der Waals surface area (Å²) < 4.78 is 5.01. The van der Waals surface area contributed by atoms with Crippen LogP contribution in [0, 0.1) is 17.8 Å². The van der Waals surface area contributed by atoms with E-state index in [1.54, 1.807) is 38.9 Å². The summed E-state index contributed by atoms with van der Waals surface area (Å²) in [7, 11) is 3.51. The standard InChI is InChI=1S/C26H33N3O9/c1-5-38-25(36)10(2)28-14-9-15(29(3)4)13-7-11-6-12-8-16(30)19(24(27)35)23(34)26(12,37)22(33)17(11)21(32)18(13)20(14)31/h9-12,16,19,28,30-32,37H,5-8H2,1-4H3,(H2,27,35)/t10?,11-,12+,16?,19?,26+/m1/s1. The van der Waals surface area contributed by atoms with Gasteiger partial charge in [0.25, 0.3) is 0 Å². The van der Waals surface area contributed by atoms with Crippen LogP contribution in [0.4, 0.5) is 11.4 Å². The first kappa shape index (κ1) is 27.4. The van der Waals surface area contributed by atoms with E-state index in [1.165, 1.54) is 0 Å². The highest BCUT2D eigenvalue weighted by Crippen LogP contribution is 2.53. The second kappa shape index (κ2) is 9.59. The van der Waals surface area contributed by atoms with Crippen LogP contribution in [0.5, 0.6) is 5.75 Å².